The van der Waals surface area contributed by atoms with Gasteiger partial charge < -0.3 is 13.9 Å². The highest BCUT2D eigenvalue weighted by Crippen LogP contribution is 2.25. The van der Waals surface area contributed by atoms with Gasteiger partial charge in [0.15, 0.2) is 0 Å². The number of halogens is 1. The van der Waals surface area contributed by atoms with Crippen molar-refractivity contribution in [1.82, 2.24) is 20.0 Å². The molecule has 3 aromatic rings. The Labute approximate surface area is 181 Å². The third-order valence-corrected chi connectivity index (χ3v) is 5.58. The number of rotatable bonds is 8. The van der Waals surface area contributed by atoms with Crippen LogP contribution < -0.4 is 9.47 Å². The Morgan fingerprint density at radius 3 is 2.32 bits per heavy atom. The fourth-order valence-electron chi connectivity index (χ4n) is 3.61. The van der Waals surface area contributed by atoms with E-state index in [2.05, 4.69) is 26.9 Å². The Morgan fingerprint density at radius 2 is 1.65 bits per heavy atom. The summed E-state index contributed by atoms with van der Waals surface area (Å²) in [4.78, 5) is 4.73. The first-order valence-corrected chi connectivity index (χ1v) is 10.4. The summed E-state index contributed by atoms with van der Waals surface area (Å²) in [5.41, 5.74) is 0.717. The van der Waals surface area contributed by atoms with Crippen molar-refractivity contribution in [2.75, 3.05) is 46.4 Å². The molecule has 4 rings (SSSR count). The molecule has 2 aromatic carbocycles. The molecule has 31 heavy (non-hydrogen) atoms. The number of aromatic nitrogens is 2. The summed E-state index contributed by atoms with van der Waals surface area (Å²) in [6.45, 7) is 7.33. The zero-order valence-corrected chi connectivity index (χ0v) is 17.8. The Kier molecular flexibility index (Phi) is 6.79. The molecule has 0 saturated carbocycles. The average Bonchev–Trinajstić information content (AvgIpc) is 3.30. The van der Waals surface area contributed by atoms with Crippen LogP contribution in [0.2, 0.25) is 0 Å². The highest BCUT2D eigenvalue weighted by atomic mass is 19.1. The highest BCUT2D eigenvalue weighted by molar-refractivity contribution is 5.52. The van der Waals surface area contributed by atoms with E-state index in [0.29, 0.717) is 24.0 Å². The molecule has 1 saturated heterocycles. The molecule has 0 N–H and O–H groups in total. The molecule has 0 radical (unpaired) electrons. The summed E-state index contributed by atoms with van der Waals surface area (Å²) < 4.78 is 30.0. The first kappa shape index (κ1) is 21.3. The molecule has 0 spiro atoms. The van der Waals surface area contributed by atoms with Crippen LogP contribution in [0.3, 0.4) is 0 Å². The molecule has 1 aromatic heterocycles. The molecule has 1 aliphatic rings. The molecule has 164 valence electrons. The Hall–Kier alpha value is -2.97. The molecule has 0 bridgehead atoms. The fraction of sp³-hybridized carbons (Fsp3) is 0.391. The lowest BCUT2D eigenvalue weighted by Gasteiger charge is -2.36. The van der Waals surface area contributed by atoms with Crippen LogP contribution in [0.1, 0.15) is 18.9 Å². The zero-order valence-electron chi connectivity index (χ0n) is 17.8. The lowest BCUT2D eigenvalue weighted by molar-refractivity contribution is 0.0827. The van der Waals surface area contributed by atoms with E-state index in [1.54, 1.807) is 19.2 Å². The van der Waals surface area contributed by atoms with E-state index in [9.17, 15) is 4.39 Å². The van der Waals surface area contributed by atoms with Crippen molar-refractivity contribution < 1.29 is 18.3 Å². The normalized spacial score (nSPS) is 16.2. The molecule has 1 atom stereocenters. The number of methoxy groups -OCH3 is 1. The van der Waals surface area contributed by atoms with E-state index in [4.69, 9.17) is 13.9 Å². The van der Waals surface area contributed by atoms with Crippen LogP contribution in [0.25, 0.3) is 11.5 Å². The summed E-state index contributed by atoms with van der Waals surface area (Å²) in [5, 5.41) is 8.34. The lowest BCUT2D eigenvalue weighted by Crippen LogP contribution is -2.48. The lowest BCUT2D eigenvalue weighted by atomic mass is 10.2. The van der Waals surface area contributed by atoms with Crippen LogP contribution in [0.15, 0.2) is 52.9 Å². The maximum atomic E-state index is 13.1. The van der Waals surface area contributed by atoms with Crippen LogP contribution >= 0.6 is 0 Å². The van der Waals surface area contributed by atoms with Crippen molar-refractivity contribution >= 4 is 0 Å². The minimum atomic E-state index is -0.288. The van der Waals surface area contributed by atoms with E-state index < -0.39 is 0 Å². The van der Waals surface area contributed by atoms with E-state index in [-0.39, 0.29) is 11.9 Å². The topological polar surface area (TPSA) is 63.9 Å². The van der Waals surface area contributed by atoms with Gasteiger partial charge >= 0.3 is 0 Å². The fourth-order valence-corrected chi connectivity index (χ4v) is 3.61. The van der Waals surface area contributed by atoms with Gasteiger partial charge in [0.25, 0.3) is 0 Å². The van der Waals surface area contributed by atoms with Crippen LogP contribution in [0.4, 0.5) is 4.39 Å². The molecule has 0 aliphatic carbocycles. The largest absolute Gasteiger partial charge is 0.497 e. The van der Waals surface area contributed by atoms with E-state index in [1.807, 2.05) is 24.3 Å². The van der Waals surface area contributed by atoms with Gasteiger partial charge in [-0.05, 0) is 55.5 Å². The maximum absolute atomic E-state index is 13.1. The molecule has 1 unspecified atom stereocenters. The van der Waals surface area contributed by atoms with Gasteiger partial charge in [0, 0.05) is 38.3 Å². The van der Waals surface area contributed by atoms with Crippen molar-refractivity contribution in [2.24, 2.45) is 0 Å². The highest BCUT2D eigenvalue weighted by Gasteiger charge is 2.25. The standard InChI is InChI=1S/C23H27FN4O3/c1-17(22-25-26-23(31-22)18-3-5-19(24)6-4-18)28-13-11-27(12-14-28)15-16-30-21-9-7-20(29-2)8-10-21/h3-10,17H,11-16H2,1-2H3. The first-order valence-electron chi connectivity index (χ1n) is 10.4. The van der Waals surface area contributed by atoms with Gasteiger partial charge in [-0.2, -0.15) is 0 Å². The van der Waals surface area contributed by atoms with Gasteiger partial charge in [-0.25, -0.2) is 4.39 Å². The quantitative estimate of drug-likeness (QED) is 0.545. The van der Waals surface area contributed by atoms with Gasteiger partial charge in [-0.3, -0.25) is 9.80 Å². The summed E-state index contributed by atoms with van der Waals surface area (Å²) in [6.07, 6.45) is 0. The second-order valence-electron chi connectivity index (χ2n) is 7.53. The third kappa shape index (κ3) is 5.39. The third-order valence-electron chi connectivity index (χ3n) is 5.58. The van der Waals surface area contributed by atoms with Crippen molar-refractivity contribution in [3.63, 3.8) is 0 Å². The Morgan fingerprint density at radius 1 is 0.968 bits per heavy atom. The molecule has 7 nitrogen and oxygen atoms in total. The van der Waals surface area contributed by atoms with Crippen LogP contribution in [0, 0.1) is 5.82 Å². The molecule has 2 heterocycles. The molecule has 1 aliphatic heterocycles. The number of hydrogen-bond donors (Lipinski definition) is 0. The number of benzene rings is 2. The predicted molar refractivity (Wildman–Crippen MR) is 115 cm³/mol. The molecular weight excluding hydrogens is 399 g/mol. The smallest absolute Gasteiger partial charge is 0.247 e. The molecular formula is C23H27FN4O3. The van der Waals surface area contributed by atoms with Crippen molar-refractivity contribution in [3.8, 4) is 23.0 Å². The maximum Gasteiger partial charge on any atom is 0.247 e. The monoisotopic (exact) mass is 426 g/mol. The van der Waals surface area contributed by atoms with E-state index >= 15 is 0 Å². The predicted octanol–water partition coefficient (Wildman–Crippen LogP) is 3.64. The van der Waals surface area contributed by atoms with Gasteiger partial charge in [0.2, 0.25) is 11.8 Å². The zero-order chi connectivity index (χ0) is 21.6. The second-order valence-corrected chi connectivity index (χ2v) is 7.53. The molecule has 1 fully saturated rings. The minimum Gasteiger partial charge on any atom is -0.497 e. The number of hydrogen-bond acceptors (Lipinski definition) is 7. The first-order chi connectivity index (χ1) is 15.1. The minimum absolute atomic E-state index is 0.0272. The van der Waals surface area contributed by atoms with Crippen molar-refractivity contribution in [3.05, 3.63) is 60.2 Å². The summed E-state index contributed by atoms with van der Waals surface area (Å²) in [5.74, 6) is 2.38. The van der Waals surface area contributed by atoms with Gasteiger partial charge in [0.1, 0.15) is 23.9 Å². The van der Waals surface area contributed by atoms with Gasteiger partial charge in [0.05, 0.1) is 13.2 Å². The van der Waals surface area contributed by atoms with Crippen LogP contribution in [-0.2, 0) is 0 Å². The van der Waals surface area contributed by atoms with Crippen LogP contribution in [-0.4, -0.2) is 66.4 Å². The van der Waals surface area contributed by atoms with E-state index in [1.165, 1.54) is 12.1 Å². The van der Waals surface area contributed by atoms with Crippen molar-refractivity contribution in [1.29, 1.82) is 0 Å². The summed E-state index contributed by atoms with van der Waals surface area (Å²) in [6, 6.07) is 13.7. The molecule has 8 heteroatoms. The molecule has 0 amide bonds. The number of nitrogens with zero attached hydrogens (tertiary/aromatic N) is 4. The Bertz CT molecular complexity index is 954. The Balaban J connectivity index is 1.23. The SMILES string of the molecule is COc1ccc(OCCN2CCN(C(C)c3nnc(-c4ccc(F)cc4)o3)CC2)cc1. The van der Waals surface area contributed by atoms with Crippen molar-refractivity contribution in [2.45, 2.75) is 13.0 Å². The number of piperazine rings is 1. The van der Waals surface area contributed by atoms with E-state index in [0.717, 1.165) is 44.2 Å². The van der Waals surface area contributed by atoms with Crippen LogP contribution in [0.5, 0.6) is 11.5 Å². The summed E-state index contributed by atoms with van der Waals surface area (Å²) in [7, 11) is 1.65. The number of ether oxygens (including phenoxy) is 2. The second kappa shape index (κ2) is 9.89. The average molecular weight is 426 g/mol. The summed E-state index contributed by atoms with van der Waals surface area (Å²) >= 11 is 0. The van der Waals surface area contributed by atoms with Gasteiger partial charge in [-0.15, -0.1) is 10.2 Å². The van der Waals surface area contributed by atoms with Gasteiger partial charge in [-0.1, -0.05) is 0 Å².